The minimum atomic E-state index is 0.928. The predicted molar refractivity (Wildman–Crippen MR) is 57.7 cm³/mol. The van der Waals surface area contributed by atoms with Crippen molar-refractivity contribution in [2.45, 2.75) is 20.3 Å². The van der Waals surface area contributed by atoms with Crippen LogP contribution in [0.25, 0.3) is 0 Å². The van der Waals surface area contributed by atoms with E-state index in [4.69, 9.17) is 0 Å². The Morgan fingerprint density at radius 1 is 1.38 bits per heavy atom. The molecule has 1 nitrogen and oxygen atoms in total. The smallest absolute Gasteiger partial charge is 0.0573 e. The lowest BCUT2D eigenvalue weighted by atomic mass is 10.2. The minimum Gasteiger partial charge on any atom is -0.353 e. The zero-order valence-corrected chi connectivity index (χ0v) is 8.22. The first-order valence-corrected chi connectivity index (χ1v) is 4.49. The molecular formula is C12H15N. The molecule has 0 heterocycles. The van der Waals surface area contributed by atoms with E-state index in [0.29, 0.717) is 0 Å². The molecule has 0 fully saturated rings. The van der Waals surface area contributed by atoms with Gasteiger partial charge in [0.25, 0.3) is 0 Å². The van der Waals surface area contributed by atoms with Gasteiger partial charge in [0, 0.05) is 5.69 Å². The van der Waals surface area contributed by atoms with Crippen molar-refractivity contribution in [2.75, 3.05) is 5.32 Å². The van der Waals surface area contributed by atoms with Crippen molar-refractivity contribution < 1.29 is 0 Å². The summed E-state index contributed by atoms with van der Waals surface area (Å²) in [6.07, 6.45) is 0.928. The maximum atomic E-state index is 3.62. The summed E-state index contributed by atoms with van der Waals surface area (Å²) >= 11 is 0. The first-order valence-electron chi connectivity index (χ1n) is 4.49. The van der Waals surface area contributed by atoms with Crippen LogP contribution >= 0.6 is 0 Å². The van der Waals surface area contributed by atoms with Gasteiger partial charge in [-0.15, -0.1) is 5.73 Å². The monoisotopic (exact) mass is 173 g/mol. The van der Waals surface area contributed by atoms with E-state index in [1.54, 1.807) is 0 Å². The maximum Gasteiger partial charge on any atom is 0.0573 e. The van der Waals surface area contributed by atoms with Gasteiger partial charge >= 0.3 is 0 Å². The van der Waals surface area contributed by atoms with Gasteiger partial charge in [-0.1, -0.05) is 31.2 Å². The van der Waals surface area contributed by atoms with Crippen LogP contribution in [0.3, 0.4) is 0 Å². The molecule has 0 aliphatic heterocycles. The number of aryl methyl sites for hydroxylation is 1. The summed E-state index contributed by atoms with van der Waals surface area (Å²) < 4.78 is 0. The average Bonchev–Trinajstić information content (AvgIpc) is 2.17. The summed E-state index contributed by atoms with van der Waals surface area (Å²) in [4.78, 5) is 0. The van der Waals surface area contributed by atoms with Crippen LogP contribution < -0.4 is 5.32 Å². The van der Waals surface area contributed by atoms with Crippen LogP contribution in [0, 0.1) is 6.92 Å². The third-order valence-electron chi connectivity index (χ3n) is 1.91. The van der Waals surface area contributed by atoms with E-state index in [-0.39, 0.29) is 0 Å². The zero-order chi connectivity index (χ0) is 9.68. The molecule has 0 saturated carbocycles. The van der Waals surface area contributed by atoms with Crippen molar-refractivity contribution >= 4 is 5.69 Å². The van der Waals surface area contributed by atoms with Crippen LogP contribution in [-0.2, 0) is 0 Å². The second-order valence-corrected chi connectivity index (χ2v) is 3.00. The number of hydrogen-bond acceptors (Lipinski definition) is 1. The molecule has 0 bridgehead atoms. The van der Waals surface area contributed by atoms with Crippen molar-refractivity contribution in [3.05, 3.63) is 47.8 Å². The van der Waals surface area contributed by atoms with Crippen LogP contribution in [0.15, 0.2) is 42.3 Å². The van der Waals surface area contributed by atoms with E-state index >= 15 is 0 Å². The van der Waals surface area contributed by atoms with Crippen LogP contribution in [0.4, 0.5) is 5.69 Å². The molecule has 0 unspecified atom stereocenters. The molecule has 1 aromatic carbocycles. The molecule has 0 spiro atoms. The molecule has 0 atom stereocenters. The highest BCUT2D eigenvalue weighted by atomic mass is 14.9. The number of hydrogen-bond donors (Lipinski definition) is 1. The molecule has 0 amide bonds. The molecule has 0 aliphatic carbocycles. The third kappa shape index (κ3) is 2.81. The van der Waals surface area contributed by atoms with Crippen LogP contribution in [0.2, 0.25) is 0 Å². The number of allylic oxidation sites excluding steroid dienone is 1. The van der Waals surface area contributed by atoms with Gasteiger partial charge in [-0.05, 0) is 25.5 Å². The van der Waals surface area contributed by atoms with Crippen molar-refractivity contribution in [1.82, 2.24) is 0 Å². The van der Waals surface area contributed by atoms with Gasteiger partial charge in [-0.2, -0.15) is 0 Å². The van der Waals surface area contributed by atoms with Crippen LogP contribution in [-0.4, -0.2) is 0 Å². The largest absolute Gasteiger partial charge is 0.353 e. The summed E-state index contributed by atoms with van der Waals surface area (Å²) in [7, 11) is 0. The molecule has 1 rings (SSSR count). The average molecular weight is 173 g/mol. The molecule has 0 aromatic heterocycles. The van der Waals surface area contributed by atoms with Gasteiger partial charge in [-0.3, -0.25) is 0 Å². The fourth-order valence-electron chi connectivity index (χ4n) is 1.07. The predicted octanol–water partition coefficient (Wildman–Crippen LogP) is 3.49. The van der Waals surface area contributed by atoms with E-state index in [2.05, 4.69) is 55.7 Å². The fraction of sp³-hybridized carbons (Fsp3) is 0.250. The molecule has 1 aromatic rings. The van der Waals surface area contributed by atoms with E-state index in [1.807, 2.05) is 0 Å². The SMILES string of the molecule is C=C=C(CC)Nc1ccc(C)cc1. The Bertz CT molecular complexity index is 315. The number of benzene rings is 1. The Kier molecular flexibility index (Phi) is 3.36. The highest BCUT2D eigenvalue weighted by molar-refractivity contribution is 5.48. The van der Waals surface area contributed by atoms with Crippen molar-refractivity contribution in [3.8, 4) is 0 Å². The van der Waals surface area contributed by atoms with Crippen molar-refractivity contribution in [1.29, 1.82) is 0 Å². The summed E-state index contributed by atoms with van der Waals surface area (Å²) in [5.74, 6) is 0. The number of rotatable bonds is 3. The van der Waals surface area contributed by atoms with E-state index in [0.717, 1.165) is 17.8 Å². The minimum absolute atomic E-state index is 0.928. The Morgan fingerprint density at radius 3 is 2.46 bits per heavy atom. The fourth-order valence-corrected chi connectivity index (χ4v) is 1.07. The summed E-state index contributed by atoms with van der Waals surface area (Å²) in [6, 6.07) is 8.28. The molecule has 1 N–H and O–H groups in total. The maximum absolute atomic E-state index is 3.62. The van der Waals surface area contributed by atoms with Crippen molar-refractivity contribution in [3.63, 3.8) is 0 Å². The Balaban J connectivity index is 2.75. The molecule has 13 heavy (non-hydrogen) atoms. The van der Waals surface area contributed by atoms with Crippen molar-refractivity contribution in [2.24, 2.45) is 0 Å². The van der Waals surface area contributed by atoms with E-state index < -0.39 is 0 Å². The molecule has 68 valence electrons. The lowest BCUT2D eigenvalue weighted by Crippen LogP contribution is -1.96. The second kappa shape index (κ2) is 4.54. The Morgan fingerprint density at radius 2 is 2.00 bits per heavy atom. The topological polar surface area (TPSA) is 12.0 Å². The lowest BCUT2D eigenvalue weighted by molar-refractivity contribution is 1.11. The summed E-state index contributed by atoms with van der Waals surface area (Å²) in [6.45, 7) is 7.78. The third-order valence-corrected chi connectivity index (χ3v) is 1.91. The molecular weight excluding hydrogens is 158 g/mol. The first kappa shape index (κ1) is 9.63. The van der Waals surface area contributed by atoms with Gasteiger partial charge < -0.3 is 5.32 Å². The van der Waals surface area contributed by atoms with E-state index in [1.165, 1.54) is 5.56 Å². The first-order chi connectivity index (χ1) is 6.26. The highest BCUT2D eigenvalue weighted by Crippen LogP contribution is 2.11. The number of nitrogens with one attached hydrogen (secondary N) is 1. The van der Waals surface area contributed by atoms with Gasteiger partial charge in [0.2, 0.25) is 0 Å². The van der Waals surface area contributed by atoms with Gasteiger partial charge in [-0.25, -0.2) is 0 Å². The van der Waals surface area contributed by atoms with Crippen LogP contribution in [0.1, 0.15) is 18.9 Å². The molecule has 0 radical (unpaired) electrons. The zero-order valence-electron chi connectivity index (χ0n) is 8.22. The van der Waals surface area contributed by atoms with E-state index in [9.17, 15) is 0 Å². The molecule has 0 saturated heterocycles. The quantitative estimate of drug-likeness (QED) is 0.690. The van der Waals surface area contributed by atoms with Gasteiger partial charge in [0.15, 0.2) is 0 Å². The summed E-state index contributed by atoms with van der Waals surface area (Å²) in [5.41, 5.74) is 6.27. The van der Waals surface area contributed by atoms with Gasteiger partial charge in [0.1, 0.15) is 0 Å². The molecule has 0 aliphatic rings. The van der Waals surface area contributed by atoms with Crippen LogP contribution in [0.5, 0.6) is 0 Å². The summed E-state index contributed by atoms with van der Waals surface area (Å²) in [5, 5.41) is 3.25. The Hall–Kier alpha value is -1.46. The highest BCUT2D eigenvalue weighted by Gasteiger charge is 1.93. The normalized spacial score (nSPS) is 9.08. The second-order valence-electron chi connectivity index (χ2n) is 3.00. The standard InChI is InChI=1S/C12H15N/c1-4-11(5-2)13-12-8-6-10(3)7-9-12/h6-9,13H,1,5H2,2-3H3. The van der Waals surface area contributed by atoms with Gasteiger partial charge in [0.05, 0.1) is 5.70 Å². The lowest BCUT2D eigenvalue weighted by Gasteiger charge is -2.06. The number of anilines is 1. The molecule has 1 heteroatoms. The Labute approximate surface area is 79.8 Å².